The Bertz CT molecular complexity index is 263. The Morgan fingerprint density at radius 1 is 1.27 bits per heavy atom. The molecular weight excluding hydrogens is 192 g/mol. The molecule has 0 aromatic carbocycles. The maximum atomic E-state index is 2.57. The van der Waals surface area contributed by atoms with Crippen LogP contribution in [-0.2, 0) is 0 Å². The summed E-state index contributed by atoms with van der Waals surface area (Å²) in [5.74, 6) is 0. The summed E-state index contributed by atoms with van der Waals surface area (Å²) >= 11 is 2.12. The predicted octanol–water partition coefficient (Wildman–Crippen LogP) is 4.44. The molecule has 0 nitrogen and oxygen atoms in total. The van der Waals surface area contributed by atoms with Crippen LogP contribution in [-0.4, -0.2) is 21.7 Å². The van der Waals surface area contributed by atoms with Crippen LogP contribution >= 0.6 is 0 Å². The molecule has 0 saturated heterocycles. The van der Waals surface area contributed by atoms with Gasteiger partial charge in [-0.3, -0.25) is 0 Å². The van der Waals surface area contributed by atoms with Gasteiger partial charge in [-0.1, -0.05) is 50.5 Å². The van der Waals surface area contributed by atoms with Gasteiger partial charge in [-0.25, -0.2) is 0 Å². The maximum Gasteiger partial charge on any atom is 0.222 e. The van der Waals surface area contributed by atoms with E-state index in [9.17, 15) is 0 Å². The van der Waals surface area contributed by atoms with Crippen LogP contribution in [0.15, 0.2) is 23.3 Å². The zero-order valence-corrected chi connectivity index (χ0v) is 12.0. The summed E-state index contributed by atoms with van der Waals surface area (Å²) in [5, 5.41) is 0. The number of rotatable bonds is 5. The molecule has 0 N–H and O–H groups in total. The van der Waals surface area contributed by atoms with Crippen molar-refractivity contribution in [1.29, 1.82) is 0 Å². The molecule has 1 atom stereocenters. The molecule has 1 aliphatic carbocycles. The molecule has 15 heavy (non-hydrogen) atoms. The lowest BCUT2D eigenvalue weighted by molar-refractivity contribution is 0.339. The van der Waals surface area contributed by atoms with Crippen molar-refractivity contribution in [2.24, 2.45) is 5.41 Å². The van der Waals surface area contributed by atoms with Crippen molar-refractivity contribution < 1.29 is 0 Å². The van der Waals surface area contributed by atoms with Gasteiger partial charge >= 0.3 is 0 Å². The SMILES string of the molecule is CCC1=CC(CC)(C[CH2][Mg])CC(CC)=C1. The fourth-order valence-electron chi connectivity index (χ4n) is 2.60. The van der Waals surface area contributed by atoms with Gasteiger partial charge in [0.15, 0.2) is 0 Å². The minimum Gasteiger partial charge on any atom is -0.176 e. The first kappa shape index (κ1) is 13.3. The van der Waals surface area contributed by atoms with Gasteiger partial charge in [0.2, 0.25) is 21.7 Å². The Morgan fingerprint density at radius 2 is 2.00 bits per heavy atom. The van der Waals surface area contributed by atoms with E-state index in [1.807, 2.05) is 0 Å². The lowest BCUT2D eigenvalue weighted by Crippen LogP contribution is -2.21. The van der Waals surface area contributed by atoms with E-state index >= 15 is 0 Å². The summed E-state index contributed by atoms with van der Waals surface area (Å²) in [6.07, 6.45) is 11.4. The Balaban J connectivity index is 2.92. The average Bonchev–Trinajstić information content (AvgIpc) is 2.28. The van der Waals surface area contributed by atoms with Crippen LogP contribution in [0.2, 0.25) is 4.55 Å². The van der Waals surface area contributed by atoms with Crippen LogP contribution in [0.25, 0.3) is 0 Å². The van der Waals surface area contributed by atoms with Gasteiger partial charge in [0.1, 0.15) is 0 Å². The first-order valence-corrected chi connectivity index (χ1v) is 7.40. The van der Waals surface area contributed by atoms with E-state index in [1.165, 1.54) is 36.7 Å². The number of allylic oxidation sites excluding steroid dienone is 4. The lowest BCUT2D eigenvalue weighted by Gasteiger charge is -2.35. The lowest BCUT2D eigenvalue weighted by atomic mass is 9.71. The van der Waals surface area contributed by atoms with E-state index in [-0.39, 0.29) is 0 Å². The Hall–Kier alpha value is 0.246. The van der Waals surface area contributed by atoms with E-state index in [2.05, 4.69) is 54.6 Å². The van der Waals surface area contributed by atoms with Crippen molar-refractivity contribution in [2.45, 2.75) is 57.4 Å². The topological polar surface area (TPSA) is 0 Å². The first-order chi connectivity index (χ1) is 7.19. The molecule has 1 unspecified atom stereocenters. The van der Waals surface area contributed by atoms with Gasteiger partial charge in [-0.2, -0.15) is 4.55 Å². The van der Waals surface area contributed by atoms with Crippen LogP contribution < -0.4 is 0 Å². The third kappa shape index (κ3) is 3.35. The minimum atomic E-state index is 0.493. The molecule has 81 valence electrons. The van der Waals surface area contributed by atoms with E-state index < -0.39 is 0 Å². The highest BCUT2D eigenvalue weighted by molar-refractivity contribution is 6.08. The van der Waals surface area contributed by atoms with Crippen molar-refractivity contribution in [3.05, 3.63) is 23.3 Å². The average molecular weight is 216 g/mol. The van der Waals surface area contributed by atoms with E-state index in [4.69, 9.17) is 0 Å². The standard InChI is InChI=1S/C14H23.Mg/c1-5-12-9-13(6-2)11-14(7-3,8-4)10-12;/h9-10H,3,5-8,11H2,1-2,4H3;. The monoisotopic (exact) mass is 215 g/mol. The van der Waals surface area contributed by atoms with Gasteiger partial charge in [0, 0.05) is 0 Å². The summed E-state index contributed by atoms with van der Waals surface area (Å²) in [7, 11) is 0. The van der Waals surface area contributed by atoms with Gasteiger partial charge < -0.3 is 0 Å². The van der Waals surface area contributed by atoms with Gasteiger partial charge in [-0.15, -0.1) is 0 Å². The molecule has 0 heterocycles. The zero-order chi connectivity index (χ0) is 11.3. The first-order valence-electron chi connectivity index (χ1n) is 6.40. The summed E-state index contributed by atoms with van der Waals surface area (Å²) in [6, 6.07) is 0. The summed E-state index contributed by atoms with van der Waals surface area (Å²) in [4.78, 5) is 0. The highest BCUT2D eigenvalue weighted by Crippen LogP contribution is 2.42. The van der Waals surface area contributed by atoms with Crippen molar-refractivity contribution in [1.82, 2.24) is 0 Å². The highest BCUT2D eigenvalue weighted by atomic mass is 24.4. The van der Waals surface area contributed by atoms with E-state index in [0.717, 1.165) is 0 Å². The predicted molar refractivity (Wildman–Crippen MR) is 69.3 cm³/mol. The summed E-state index contributed by atoms with van der Waals surface area (Å²) in [6.45, 7) is 6.91. The molecule has 0 amide bonds. The normalized spacial score (nSPS) is 26.0. The van der Waals surface area contributed by atoms with Crippen LogP contribution in [0.3, 0.4) is 0 Å². The molecule has 0 bridgehead atoms. The maximum absolute atomic E-state index is 2.57. The molecule has 0 aromatic rings. The fourth-order valence-corrected chi connectivity index (χ4v) is 3.30. The molecule has 1 radical (unpaired) electrons. The molecular formula is C14H23Mg. The van der Waals surface area contributed by atoms with Crippen molar-refractivity contribution in [3.8, 4) is 0 Å². The van der Waals surface area contributed by atoms with Crippen molar-refractivity contribution in [3.63, 3.8) is 0 Å². The molecule has 0 spiro atoms. The summed E-state index contributed by atoms with van der Waals surface area (Å²) in [5.41, 5.74) is 3.72. The second kappa shape index (κ2) is 6.10. The molecule has 0 fully saturated rings. The van der Waals surface area contributed by atoms with Gasteiger partial charge in [-0.05, 0) is 31.1 Å². The molecule has 1 aliphatic rings. The van der Waals surface area contributed by atoms with Gasteiger partial charge in [0.25, 0.3) is 0 Å². The van der Waals surface area contributed by atoms with Crippen LogP contribution in [0.4, 0.5) is 0 Å². The Morgan fingerprint density at radius 3 is 2.47 bits per heavy atom. The second-order valence-electron chi connectivity index (χ2n) is 4.73. The minimum absolute atomic E-state index is 0.493. The highest BCUT2D eigenvalue weighted by Gasteiger charge is 2.27. The Kier molecular flexibility index (Phi) is 5.41. The quantitative estimate of drug-likeness (QED) is 0.595. The second-order valence-corrected chi connectivity index (χ2v) is 5.43. The van der Waals surface area contributed by atoms with Crippen LogP contribution in [0.1, 0.15) is 52.9 Å². The fraction of sp³-hybridized carbons (Fsp3) is 0.714. The summed E-state index contributed by atoms with van der Waals surface area (Å²) < 4.78 is 1.33. The van der Waals surface area contributed by atoms with Gasteiger partial charge in [0.05, 0.1) is 0 Å². The third-order valence-corrected chi connectivity index (χ3v) is 4.05. The van der Waals surface area contributed by atoms with Crippen molar-refractivity contribution in [2.75, 3.05) is 0 Å². The van der Waals surface area contributed by atoms with E-state index in [0.29, 0.717) is 5.41 Å². The molecule has 1 heteroatoms. The smallest absolute Gasteiger partial charge is 0.176 e. The largest absolute Gasteiger partial charge is 0.222 e. The van der Waals surface area contributed by atoms with Crippen LogP contribution in [0.5, 0.6) is 0 Å². The van der Waals surface area contributed by atoms with Crippen LogP contribution in [0, 0.1) is 5.41 Å². The number of hydrogen-bond donors (Lipinski definition) is 0. The third-order valence-electron chi connectivity index (χ3n) is 3.70. The Labute approximate surface area is 108 Å². The molecule has 0 aromatic heterocycles. The number of hydrogen-bond acceptors (Lipinski definition) is 0. The molecule has 1 rings (SSSR count). The van der Waals surface area contributed by atoms with E-state index in [1.54, 1.807) is 11.1 Å². The van der Waals surface area contributed by atoms with Crippen molar-refractivity contribution >= 4 is 21.7 Å². The zero-order valence-electron chi connectivity index (χ0n) is 10.6. The molecule has 0 saturated carbocycles. The molecule has 0 aliphatic heterocycles.